The Kier molecular flexibility index (Phi) is 4.29. The molecule has 3 heterocycles. The summed E-state index contributed by atoms with van der Waals surface area (Å²) < 4.78 is 0. The molecule has 0 radical (unpaired) electrons. The van der Waals surface area contributed by atoms with Crippen LogP contribution in [0.15, 0.2) is 36.2 Å². The fourth-order valence-electron chi connectivity index (χ4n) is 5.27. The van der Waals surface area contributed by atoms with Gasteiger partial charge in [-0.15, -0.1) is 0 Å². The summed E-state index contributed by atoms with van der Waals surface area (Å²) in [6, 6.07) is 5.04. The molecule has 1 spiro atoms. The summed E-state index contributed by atoms with van der Waals surface area (Å²) in [6.45, 7) is 8.15. The molecule has 3 aliphatic rings. The highest BCUT2D eigenvalue weighted by Crippen LogP contribution is 2.48. The number of hydrazine groups is 1. The molecule has 1 saturated carbocycles. The number of rotatable bonds is 1. The molecule has 30 heavy (non-hydrogen) atoms. The highest BCUT2D eigenvalue weighted by atomic mass is 16.2. The van der Waals surface area contributed by atoms with Crippen LogP contribution < -0.4 is 5.32 Å². The molecule has 2 aromatic rings. The lowest BCUT2D eigenvalue weighted by Crippen LogP contribution is -2.57. The first-order chi connectivity index (χ1) is 14.3. The first kappa shape index (κ1) is 19.3. The van der Waals surface area contributed by atoms with E-state index < -0.39 is 6.04 Å². The van der Waals surface area contributed by atoms with Crippen molar-refractivity contribution in [2.24, 2.45) is 5.41 Å². The van der Waals surface area contributed by atoms with Crippen molar-refractivity contribution >= 4 is 22.6 Å². The van der Waals surface area contributed by atoms with E-state index in [4.69, 9.17) is 0 Å². The summed E-state index contributed by atoms with van der Waals surface area (Å²) >= 11 is 0. The number of aromatic nitrogens is 2. The van der Waals surface area contributed by atoms with E-state index in [0.29, 0.717) is 12.0 Å². The van der Waals surface area contributed by atoms with E-state index in [-0.39, 0.29) is 22.6 Å². The molecule has 0 bridgehead atoms. The first-order valence-electron chi connectivity index (χ1n) is 10.8. The van der Waals surface area contributed by atoms with E-state index in [1.807, 2.05) is 23.2 Å². The van der Waals surface area contributed by atoms with Crippen LogP contribution in [0.25, 0.3) is 10.9 Å². The maximum absolute atomic E-state index is 13.7. The van der Waals surface area contributed by atoms with Gasteiger partial charge in [0.2, 0.25) is 0 Å². The Bertz CT molecular complexity index is 1040. The fourth-order valence-corrected chi connectivity index (χ4v) is 5.27. The van der Waals surface area contributed by atoms with Gasteiger partial charge in [-0.2, -0.15) is 5.10 Å². The number of nitrogens with one attached hydrogen (secondary N) is 2. The SMILES string of the molecule is CC(C)(C)N1C=C2CC3(CCNCC3)CC(=O)C2N1C(=O)c1ccc2[nH]ncc2c1. The van der Waals surface area contributed by atoms with Gasteiger partial charge >= 0.3 is 0 Å². The second kappa shape index (κ2) is 6.67. The second-order valence-corrected chi connectivity index (χ2v) is 10.0. The zero-order valence-corrected chi connectivity index (χ0v) is 17.9. The lowest BCUT2D eigenvalue weighted by molar-refractivity contribution is -0.132. The topological polar surface area (TPSA) is 81.3 Å². The molecule has 1 unspecified atom stereocenters. The predicted molar refractivity (Wildman–Crippen MR) is 115 cm³/mol. The molecule has 1 saturated heterocycles. The molecular formula is C23H29N5O2. The molecule has 2 fully saturated rings. The smallest absolute Gasteiger partial charge is 0.273 e. The Balaban J connectivity index is 1.52. The Morgan fingerprint density at radius 1 is 1.20 bits per heavy atom. The fraction of sp³-hybridized carbons (Fsp3) is 0.522. The van der Waals surface area contributed by atoms with Gasteiger partial charge in [-0.05, 0) is 82.3 Å². The quantitative estimate of drug-likeness (QED) is 0.760. The molecule has 7 heteroatoms. The second-order valence-electron chi connectivity index (χ2n) is 10.0. The van der Waals surface area contributed by atoms with Crippen LogP contribution >= 0.6 is 0 Å². The number of ketones is 1. The normalized spacial score (nSPS) is 23.8. The molecule has 1 aliphatic carbocycles. The number of fused-ring (bicyclic) bond motifs is 2. The van der Waals surface area contributed by atoms with E-state index in [1.165, 1.54) is 0 Å². The summed E-state index contributed by atoms with van der Waals surface area (Å²) in [5.74, 6) is 0.0257. The minimum atomic E-state index is -0.489. The number of H-pyrrole nitrogens is 1. The van der Waals surface area contributed by atoms with Crippen molar-refractivity contribution in [2.45, 2.75) is 58.0 Å². The van der Waals surface area contributed by atoms with Gasteiger partial charge in [0.15, 0.2) is 5.78 Å². The number of Topliss-reactive ketones (excluding diaryl/α,β-unsaturated/α-hetero) is 1. The number of hydrogen-bond donors (Lipinski definition) is 2. The summed E-state index contributed by atoms with van der Waals surface area (Å²) in [7, 11) is 0. The number of benzene rings is 1. The molecule has 1 aromatic carbocycles. The third-order valence-corrected chi connectivity index (χ3v) is 6.80. The third-order valence-electron chi connectivity index (χ3n) is 6.80. The summed E-state index contributed by atoms with van der Waals surface area (Å²) in [5, 5.41) is 14.9. The van der Waals surface area contributed by atoms with Gasteiger partial charge in [0.25, 0.3) is 5.91 Å². The van der Waals surface area contributed by atoms with Crippen LogP contribution in [0.1, 0.15) is 56.8 Å². The van der Waals surface area contributed by atoms with Gasteiger partial charge in [-0.25, -0.2) is 5.01 Å². The highest BCUT2D eigenvalue weighted by Gasteiger charge is 2.52. The molecule has 1 atom stereocenters. The van der Waals surface area contributed by atoms with Crippen molar-refractivity contribution in [3.05, 3.63) is 41.7 Å². The molecule has 158 valence electrons. The maximum Gasteiger partial charge on any atom is 0.273 e. The van der Waals surface area contributed by atoms with Gasteiger partial charge < -0.3 is 5.32 Å². The average Bonchev–Trinajstić information content (AvgIpc) is 3.31. The number of piperidine rings is 1. The molecule has 7 nitrogen and oxygen atoms in total. The monoisotopic (exact) mass is 407 g/mol. The lowest BCUT2D eigenvalue weighted by atomic mass is 9.65. The molecule has 5 rings (SSSR count). The van der Waals surface area contributed by atoms with Crippen molar-refractivity contribution < 1.29 is 9.59 Å². The number of nitrogens with zero attached hydrogens (tertiary/aromatic N) is 3. The number of hydrogen-bond acceptors (Lipinski definition) is 5. The van der Waals surface area contributed by atoms with E-state index in [2.05, 4.69) is 42.5 Å². The standard InChI is InChI=1S/C23H29N5O2/c1-22(2,3)27-14-17-11-23(6-8-24-9-7-23)12-19(29)20(17)28(27)21(30)15-4-5-18-16(10-15)13-25-26-18/h4-5,10,13-14,20,24H,6-9,11-12H2,1-3H3,(H,25,26). The Hall–Kier alpha value is -2.67. The average molecular weight is 408 g/mol. The van der Waals surface area contributed by atoms with Crippen molar-refractivity contribution in [2.75, 3.05) is 13.1 Å². The van der Waals surface area contributed by atoms with Crippen molar-refractivity contribution in [1.82, 2.24) is 25.5 Å². The maximum atomic E-state index is 13.7. The number of amides is 1. The van der Waals surface area contributed by atoms with Crippen LogP contribution in [0.2, 0.25) is 0 Å². The van der Waals surface area contributed by atoms with Crippen LogP contribution in [0, 0.1) is 5.41 Å². The lowest BCUT2D eigenvalue weighted by Gasteiger charge is -2.45. The van der Waals surface area contributed by atoms with Crippen LogP contribution in [0.5, 0.6) is 0 Å². The Morgan fingerprint density at radius 2 is 1.97 bits per heavy atom. The minimum Gasteiger partial charge on any atom is -0.317 e. The van der Waals surface area contributed by atoms with E-state index in [1.54, 1.807) is 11.2 Å². The van der Waals surface area contributed by atoms with Crippen LogP contribution in [-0.2, 0) is 4.79 Å². The van der Waals surface area contributed by atoms with Gasteiger partial charge in [0.05, 0.1) is 17.3 Å². The minimum absolute atomic E-state index is 0.0446. The molecule has 1 amide bonds. The number of carbonyl (C=O) groups excluding carboxylic acids is 2. The van der Waals surface area contributed by atoms with Gasteiger partial charge in [0.1, 0.15) is 6.04 Å². The van der Waals surface area contributed by atoms with E-state index >= 15 is 0 Å². The summed E-state index contributed by atoms with van der Waals surface area (Å²) in [5.41, 5.74) is 2.27. The summed E-state index contributed by atoms with van der Waals surface area (Å²) in [4.78, 5) is 27.1. The van der Waals surface area contributed by atoms with E-state index in [0.717, 1.165) is 48.8 Å². The third kappa shape index (κ3) is 3.03. The Labute approximate surface area is 176 Å². The zero-order chi connectivity index (χ0) is 21.1. The van der Waals surface area contributed by atoms with Gasteiger partial charge in [-0.3, -0.25) is 19.7 Å². The Morgan fingerprint density at radius 3 is 2.70 bits per heavy atom. The number of aromatic amines is 1. The van der Waals surface area contributed by atoms with E-state index in [9.17, 15) is 9.59 Å². The molecule has 2 aliphatic heterocycles. The predicted octanol–water partition coefficient (Wildman–Crippen LogP) is 3.02. The highest BCUT2D eigenvalue weighted by molar-refractivity contribution is 6.02. The zero-order valence-electron chi connectivity index (χ0n) is 17.9. The van der Waals surface area contributed by atoms with Crippen LogP contribution in [0.4, 0.5) is 0 Å². The first-order valence-corrected chi connectivity index (χ1v) is 10.8. The molecule has 2 N–H and O–H groups in total. The number of carbonyl (C=O) groups is 2. The van der Waals surface area contributed by atoms with Crippen LogP contribution in [0.3, 0.4) is 0 Å². The molecular weight excluding hydrogens is 378 g/mol. The van der Waals surface area contributed by atoms with Crippen molar-refractivity contribution in [3.63, 3.8) is 0 Å². The van der Waals surface area contributed by atoms with Crippen molar-refractivity contribution in [1.29, 1.82) is 0 Å². The van der Waals surface area contributed by atoms with Crippen LogP contribution in [-0.4, -0.2) is 56.6 Å². The summed E-state index contributed by atoms with van der Waals surface area (Å²) in [6.07, 6.45) is 7.27. The van der Waals surface area contributed by atoms with Crippen molar-refractivity contribution in [3.8, 4) is 0 Å². The largest absolute Gasteiger partial charge is 0.317 e. The van der Waals surface area contributed by atoms with Gasteiger partial charge in [0, 0.05) is 23.6 Å². The molecule has 1 aromatic heterocycles. The van der Waals surface area contributed by atoms with Gasteiger partial charge in [-0.1, -0.05) is 0 Å².